The van der Waals surface area contributed by atoms with Gasteiger partial charge >= 0.3 is 8.25 Å². The zero-order valence-electron chi connectivity index (χ0n) is 5.90. The van der Waals surface area contributed by atoms with Crippen LogP contribution in [0.5, 0.6) is 0 Å². The number of rotatable bonds is 3. The fraction of sp³-hybridized carbons (Fsp3) is 1.00. The Labute approximate surface area is 60.1 Å². The van der Waals surface area contributed by atoms with Crippen molar-refractivity contribution in [3.63, 3.8) is 0 Å². The molecule has 5 heteroatoms. The molecule has 0 saturated carbocycles. The van der Waals surface area contributed by atoms with Crippen LogP contribution < -0.4 is 0 Å². The van der Waals surface area contributed by atoms with Gasteiger partial charge in [-0.1, -0.05) is 0 Å². The van der Waals surface area contributed by atoms with Gasteiger partial charge in [0, 0.05) is 4.57 Å². The van der Waals surface area contributed by atoms with Crippen LogP contribution in [-0.4, -0.2) is 23.2 Å². The molecular formula is C5H10O4P+. The van der Waals surface area contributed by atoms with Gasteiger partial charge in [0.1, 0.15) is 11.7 Å². The molecule has 0 radical (unpaired) electrons. The lowest BCUT2D eigenvalue weighted by Gasteiger charge is -2.11. The molecule has 10 heavy (non-hydrogen) atoms. The third kappa shape index (κ3) is 1.99. The van der Waals surface area contributed by atoms with Crippen LogP contribution in [0.25, 0.3) is 0 Å². The van der Waals surface area contributed by atoms with Crippen molar-refractivity contribution in [2.75, 3.05) is 6.61 Å². The van der Waals surface area contributed by atoms with Gasteiger partial charge in [0.25, 0.3) is 0 Å². The van der Waals surface area contributed by atoms with Crippen LogP contribution in [0.15, 0.2) is 0 Å². The molecule has 2 unspecified atom stereocenters. The summed E-state index contributed by atoms with van der Waals surface area (Å²) in [6, 6.07) is 0. The summed E-state index contributed by atoms with van der Waals surface area (Å²) >= 11 is 0. The highest BCUT2D eigenvalue weighted by molar-refractivity contribution is 7.32. The van der Waals surface area contributed by atoms with E-state index >= 15 is 0 Å². The minimum Gasteiger partial charge on any atom is -0.370 e. The molecule has 1 aliphatic heterocycles. The van der Waals surface area contributed by atoms with Crippen LogP contribution in [0, 0.1) is 0 Å². The van der Waals surface area contributed by atoms with Crippen molar-refractivity contribution in [2.45, 2.75) is 25.6 Å². The Morgan fingerprint density at radius 2 is 2.30 bits per heavy atom. The van der Waals surface area contributed by atoms with E-state index in [0.29, 0.717) is 6.61 Å². The molecule has 0 spiro atoms. The van der Waals surface area contributed by atoms with Crippen LogP contribution >= 0.6 is 8.25 Å². The maximum absolute atomic E-state index is 10.2. The first-order valence-electron chi connectivity index (χ1n) is 2.99. The zero-order valence-corrected chi connectivity index (χ0v) is 6.80. The van der Waals surface area contributed by atoms with Gasteiger partial charge < -0.3 is 4.74 Å². The second kappa shape index (κ2) is 2.55. The molecule has 2 atom stereocenters. The quantitative estimate of drug-likeness (QED) is 0.497. The summed E-state index contributed by atoms with van der Waals surface area (Å²) in [6.45, 7) is 4.08. The van der Waals surface area contributed by atoms with Gasteiger partial charge in [-0.05, 0) is 13.8 Å². The van der Waals surface area contributed by atoms with Crippen LogP contribution in [0.3, 0.4) is 0 Å². The Hall–Kier alpha value is -0.0200. The van der Waals surface area contributed by atoms with Crippen LogP contribution in [0.1, 0.15) is 13.8 Å². The molecule has 1 N–H and O–H groups in total. The second-order valence-electron chi connectivity index (χ2n) is 2.75. The van der Waals surface area contributed by atoms with Crippen molar-refractivity contribution >= 4 is 8.25 Å². The molecule has 0 aromatic heterocycles. The number of ether oxygens (including phenoxy) is 1. The monoisotopic (exact) mass is 165 g/mol. The largest absolute Gasteiger partial charge is 0.695 e. The Bertz CT molecular complexity index is 152. The molecule has 0 aromatic rings. The maximum Gasteiger partial charge on any atom is 0.695 e. The lowest BCUT2D eigenvalue weighted by Crippen LogP contribution is -2.28. The summed E-state index contributed by atoms with van der Waals surface area (Å²) < 4.78 is 19.8. The minimum atomic E-state index is -2.51. The third-order valence-corrected chi connectivity index (χ3v) is 2.05. The minimum absolute atomic E-state index is 0.0152. The highest BCUT2D eigenvalue weighted by Crippen LogP contribution is 2.34. The van der Waals surface area contributed by atoms with E-state index in [2.05, 4.69) is 0 Å². The Morgan fingerprint density at radius 1 is 1.80 bits per heavy atom. The summed E-state index contributed by atoms with van der Waals surface area (Å²) in [5.74, 6) is 0. The molecule has 0 aliphatic carbocycles. The van der Waals surface area contributed by atoms with E-state index in [1.165, 1.54) is 0 Å². The smallest absolute Gasteiger partial charge is 0.370 e. The van der Waals surface area contributed by atoms with E-state index in [1.54, 1.807) is 13.8 Å². The van der Waals surface area contributed by atoms with Crippen molar-refractivity contribution in [2.24, 2.45) is 0 Å². The van der Waals surface area contributed by atoms with Crippen molar-refractivity contribution < 1.29 is 18.7 Å². The molecular weight excluding hydrogens is 155 g/mol. The first-order chi connectivity index (χ1) is 4.52. The van der Waals surface area contributed by atoms with Gasteiger partial charge in [-0.15, -0.1) is 9.42 Å². The zero-order chi connectivity index (χ0) is 7.78. The third-order valence-electron chi connectivity index (χ3n) is 1.42. The molecule has 1 rings (SSSR count). The summed E-state index contributed by atoms with van der Waals surface area (Å²) in [6.07, 6.45) is -0.0152. The lowest BCUT2D eigenvalue weighted by atomic mass is 10.1. The molecule has 0 bridgehead atoms. The first-order valence-corrected chi connectivity index (χ1v) is 4.12. The van der Waals surface area contributed by atoms with Gasteiger partial charge in [0.2, 0.25) is 0 Å². The molecule has 1 fully saturated rings. The number of hydrogen-bond acceptors (Lipinski definition) is 3. The molecule has 1 heterocycles. The van der Waals surface area contributed by atoms with Crippen molar-refractivity contribution in [1.82, 2.24) is 0 Å². The molecule has 0 aromatic carbocycles. The molecule has 58 valence electrons. The van der Waals surface area contributed by atoms with Crippen LogP contribution in [0.2, 0.25) is 0 Å². The van der Waals surface area contributed by atoms with E-state index < -0.39 is 13.9 Å². The summed E-state index contributed by atoms with van der Waals surface area (Å²) in [7, 11) is -2.51. The predicted octanol–water partition coefficient (Wildman–Crippen LogP) is 0.830. The predicted molar refractivity (Wildman–Crippen MR) is 34.7 cm³/mol. The molecule has 0 amide bonds. The SMILES string of the molecule is CC(C)(O[P+](=O)O)C1CO1. The Balaban J connectivity index is 2.41. The molecule has 4 nitrogen and oxygen atoms in total. The molecule has 1 aliphatic rings. The van der Waals surface area contributed by atoms with Crippen molar-refractivity contribution in [3.05, 3.63) is 0 Å². The van der Waals surface area contributed by atoms with E-state index in [1.807, 2.05) is 0 Å². The second-order valence-corrected chi connectivity index (χ2v) is 3.41. The summed E-state index contributed by atoms with van der Waals surface area (Å²) in [4.78, 5) is 8.40. The van der Waals surface area contributed by atoms with Crippen molar-refractivity contribution in [1.29, 1.82) is 0 Å². The average molecular weight is 165 g/mol. The van der Waals surface area contributed by atoms with E-state index in [-0.39, 0.29) is 6.10 Å². The van der Waals surface area contributed by atoms with Crippen molar-refractivity contribution in [3.8, 4) is 0 Å². The van der Waals surface area contributed by atoms with Gasteiger partial charge in [-0.3, -0.25) is 0 Å². The van der Waals surface area contributed by atoms with E-state index in [4.69, 9.17) is 14.2 Å². The highest BCUT2D eigenvalue weighted by atomic mass is 31.1. The maximum atomic E-state index is 10.2. The fourth-order valence-corrected chi connectivity index (χ4v) is 1.23. The van der Waals surface area contributed by atoms with Crippen LogP contribution in [0.4, 0.5) is 0 Å². The number of epoxide rings is 1. The summed E-state index contributed by atoms with van der Waals surface area (Å²) in [5, 5.41) is 0. The fourth-order valence-electron chi connectivity index (χ4n) is 0.710. The normalized spacial score (nSPS) is 26.3. The lowest BCUT2D eigenvalue weighted by molar-refractivity contribution is 0.0705. The van der Waals surface area contributed by atoms with E-state index in [9.17, 15) is 4.57 Å². The van der Waals surface area contributed by atoms with Crippen LogP contribution in [-0.2, 0) is 13.8 Å². The molecule has 1 saturated heterocycles. The first kappa shape index (κ1) is 8.08. The average Bonchev–Trinajstić information content (AvgIpc) is 2.35. The van der Waals surface area contributed by atoms with Gasteiger partial charge in [-0.2, -0.15) is 0 Å². The van der Waals surface area contributed by atoms with Gasteiger partial charge in [-0.25, -0.2) is 0 Å². The van der Waals surface area contributed by atoms with Gasteiger partial charge in [0.15, 0.2) is 0 Å². The topological polar surface area (TPSA) is 59.1 Å². The highest BCUT2D eigenvalue weighted by Gasteiger charge is 2.46. The Kier molecular flexibility index (Phi) is 2.06. The standard InChI is InChI=1S/C5H9O4P/c1-5(2,4-3-8-4)9-10(6)7/h4H,3H2,1-2H3/p+1. The van der Waals surface area contributed by atoms with Gasteiger partial charge in [0.05, 0.1) is 6.61 Å². The Morgan fingerprint density at radius 3 is 2.60 bits per heavy atom. The summed E-state index contributed by atoms with van der Waals surface area (Å²) in [5.41, 5.74) is -0.623. The number of hydrogen-bond donors (Lipinski definition) is 1. The van der Waals surface area contributed by atoms with E-state index in [0.717, 1.165) is 0 Å².